The van der Waals surface area contributed by atoms with Crippen molar-refractivity contribution in [2.45, 2.75) is 20.4 Å². The fourth-order valence-electron chi connectivity index (χ4n) is 3.18. The monoisotopic (exact) mass is 384 g/mol. The van der Waals surface area contributed by atoms with Crippen molar-refractivity contribution in [1.82, 2.24) is 28.9 Å². The molecule has 8 nitrogen and oxygen atoms in total. The molecular formula is C18H17ClN6O2. The molecule has 0 spiro atoms. The normalized spacial score (nSPS) is 11.4. The Morgan fingerprint density at radius 1 is 1.19 bits per heavy atom. The predicted octanol–water partition coefficient (Wildman–Crippen LogP) is 1.93. The van der Waals surface area contributed by atoms with Gasteiger partial charge in [0.2, 0.25) is 5.95 Å². The van der Waals surface area contributed by atoms with Gasteiger partial charge in [-0.1, -0.05) is 23.7 Å². The average Bonchev–Trinajstić information content (AvgIpc) is 3.13. The number of hydrogen-bond acceptors (Lipinski definition) is 4. The Bertz CT molecular complexity index is 1290. The van der Waals surface area contributed by atoms with E-state index >= 15 is 0 Å². The first kappa shape index (κ1) is 17.3. The van der Waals surface area contributed by atoms with Crippen LogP contribution in [0.1, 0.15) is 17.0 Å². The number of hydrogen-bond donors (Lipinski definition) is 1. The van der Waals surface area contributed by atoms with Gasteiger partial charge in [0.1, 0.15) is 0 Å². The minimum Gasteiger partial charge on any atom is -0.298 e. The molecule has 0 radical (unpaired) electrons. The first-order valence-electron chi connectivity index (χ1n) is 8.33. The van der Waals surface area contributed by atoms with Crippen molar-refractivity contribution < 1.29 is 0 Å². The summed E-state index contributed by atoms with van der Waals surface area (Å²) >= 11 is 6.11. The molecule has 4 rings (SSSR count). The van der Waals surface area contributed by atoms with E-state index in [1.54, 1.807) is 22.4 Å². The Kier molecular flexibility index (Phi) is 4.00. The molecule has 0 unspecified atom stereocenters. The van der Waals surface area contributed by atoms with Crippen LogP contribution in [0.25, 0.3) is 17.1 Å². The molecule has 4 aromatic rings. The van der Waals surface area contributed by atoms with Crippen LogP contribution in [0.15, 0.2) is 39.9 Å². The number of aryl methyl sites for hydroxylation is 3. The van der Waals surface area contributed by atoms with Gasteiger partial charge in [0.25, 0.3) is 5.56 Å². The van der Waals surface area contributed by atoms with Crippen LogP contribution in [-0.2, 0) is 13.6 Å². The number of aromatic amines is 1. The van der Waals surface area contributed by atoms with E-state index in [9.17, 15) is 9.59 Å². The van der Waals surface area contributed by atoms with Gasteiger partial charge in [-0.15, -0.1) is 0 Å². The lowest BCUT2D eigenvalue weighted by molar-refractivity contribution is 0.701. The van der Waals surface area contributed by atoms with E-state index in [1.807, 2.05) is 38.1 Å². The Morgan fingerprint density at radius 3 is 2.63 bits per heavy atom. The molecule has 0 aliphatic carbocycles. The quantitative estimate of drug-likeness (QED) is 0.584. The first-order valence-corrected chi connectivity index (χ1v) is 8.70. The molecule has 138 valence electrons. The smallest absolute Gasteiger partial charge is 0.298 e. The highest BCUT2D eigenvalue weighted by Gasteiger charge is 2.20. The van der Waals surface area contributed by atoms with Crippen molar-refractivity contribution in [1.29, 1.82) is 0 Å². The van der Waals surface area contributed by atoms with Crippen molar-refractivity contribution >= 4 is 22.8 Å². The number of nitrogens with one attached hydrogen (secondary N) is 1. The Morgan fingerprint density at radius 2 is 1.96 bits per heavy atom. The van der Waals surface area contributed by atoms with Gasteiger partial charge in [-0.2, -0.15) is 10.1 Å². The molecule has 1 N–H and O–H groups in total. The topological polar surface area (TPSA) is 90.5 Å². The summed E-state index contributed by atoms with van der Waals surface area (Å²) in [7, 11) is 1.57. The third-order valence-corrected chi connectivity index (χ3v) is 4.65. The van der Waals surface area contributed by atoms with E-state index in [1.165, 1.54) is 4.57 Å². The largest absolute Gasteiger partial charge is 0.329 e. The maximum absolute atomic E-state index is 12.6. The lowest BCUT2D eigenvalue weighted by Crippen LogP contribution is -2.29. The highest BCUT2D eigenvalue weighted by molar-refractivity contribution is 6.30. The summed E-state index contributed by atoms with van der Waals surface area (Å²) in [5, 5.41) is 5.09. The lowest BCUT2D eigenvalue weighted by Gasteiger charge is -2.10. The van der Waals surface area contributed by atoms with Gasteiger partial charge in [0, 0.05) is 17.8 Å². The standard InChI is InChI=1S/C18H17ClN6O2/c1-10-7-11(2)25(22-10)17-20-15-14(16(26)21-18(27)23(15)3)24(17)9-12-5-4-6-13(19)8-12/h4-8H,9H2,1-3H3,(H,21,26,27). The number of benzene rings is 1. The second kappa shape index (κ2) is 6.24. The van der Waals surface area contributed by atoms with Gasteiger partial charge in [-0.25, -0.2) is 9.48 Å². The summed E-state index contributed by atoms with van der Waals surface area (Å²) in [6, 6.07) is 9.30. The highest BCUT2D eigenvalue weighted by Crippen LogP contribution is 2.20. The Balaban J connectivity index is 2.06. The Labute approximate surface area is 158 Å². The van der Waals surface area contributed by atoms with Crippen molar-refractivity contribution in [2.75, 3.05) is 0 Å². The molecule has 0 bridgehead atoms. The Hall–Kier alpha value is -3.13. The maximum Gasteiger partial charge on any atom is 0.329 e. The van der Waals surface area contributed by atoms with E-state index in [-0.39, 0.29) is 0 Å². The number of H-pyrrole nitrogens is 1. The number of fused-ring (bicyclic) bond motifs is 1. The molecule has 0 saturated carbocycles. The summed E-state index contributed by atoms with van der Waals surface area (Å²) in [6.45, 7) is 4.15. The number of aromatic nitrogens is 6. The van der Waals surface area contributed by atoms with Gasteiger partial charge in [-0.05, 0) is 37.6 Å². The SMILES string of the molecule is Cc1cc(C)n(-c2nc3c(c(=O)[nH]c(=O)n3C)n2Cc2cccc(Cl)c2)n1. The van der Waals surface area contributed by atoms with Crippen molar-refractivity contribution in [3.05, 3.63) is 73.1 Å². The third-order valence-electron chi connectivity index (χ3n) is 4.42. The van der Waals surface area contributed by atoms with Crippen LogP contribution in [0, 0.1) is 13.8 Å². The molecule has 0 aliphatic heterocycles. The van der Waals surface area contributed by atoms with Gasteiger partial charge < -0.3 is 0 Å². The molecule has 1 aromatic carbocycles. The van der Waals surface area contributed by atoms with Crippen LogP contribution in [0.5, 0.6) is 0 Å². The van der Waals surface area contributed by atoms with Gasteiger partial charge in [0.05, 0.1) is 12.2 Å². The second-order valence-electron chi connectivity index (χ2n) is 6.46. The summed E-state index contributed by atoms with van der Waals surface area (Å²) in [6.07, 6.45) is 0. The number of imidazole rings is 1. The van der Waals surface area contributed by atoms with E-state index < -0.39 is 11.2 Å². The molecule has 27 heavy (non-hydrogen) atoms. The minimum absolute atomic E-state index is 0.299. The highest BCUT2D eigenvalue weighted by atomic mass is 35.5. The second-order valence-corrected chi connectivity index (χ2v) is 6.89. The number of halogens is 1. The summed E-state index contributed by atoms with van der Waals surface area (Å²) < 4.78 is 4.74. The van der Waals surface area contributed by atoms with Crippen molar-refractivity contribution in [3.63, 3.8) is 0 Å². The van der Waals surface area contributed by atoms with Crippen LogP contribution in [0.4, 0.5) is 0 Å². The first-order chi connectivity index (χ1) is 12.8. The van der Waals surface area contributed by atoms with E-state index in [4.69, 9.17) is 11.6 Å². The van der Waals surface area contributed by atoms with Gasteiger partial charge in [0.15, 0.2) is 11.2 Å². The number of nitrogens with zero attached hydrogens (tertiary/aromatic N) is 5. The summed E-state index contributed by atoms with van der Waals surface area (Å²) in [5.74, 6) is 0.460. The van der Waals surface area contributed by atoms with Crippen LogP contribution < -0.4 is 11.2 Å². The van der Waals surface area contributed by atoms with Crippen LogP contribution in [0.3, 0.4) is 0 Å². The molecule has 0 fully saturated rings. The van der Waals surface area contributed by atoms with Crippen molar-refractivity contribution in [3.8, 4) is 5.95 Å². The minimum atomic E-state index is -0.514. The zero-order valence-electron chi connectivity index (χ0n) is 15.0. The third kappa shape index (κ3) is 2.87. The van der Waals surface area contributed by atoms with Gasteiger partial charge >= 0.3 is 5.69 Å². The van der Waals surface area contributed by atoms with Crippen LogP contribution in [0.2, 0.25) is 5.02 Å². The number of rotatable bonds is 3. The summed E-state index contributed by atoms with van der Waals surface area (Å²) in [5.41, 5.74) is 2.20. The lowest BCUT2D eigenvalue weighted by atomic mass is 10.2. The summed E-state index contributed by atoms with van der Waals surface area (Å²) in [4.78, 5) is 31.5. The molecule has 3 aromatic heterocycles. The van der Waals surface area contributed by atoms with E-state index in [2.05, 4.69) is 15.1 Å². The molecule has 3 heterocycles. The van der Waals surface area contributed by atoms with E-state index in [0.717, 1.165) is 17.0 Å². The molecule has 0 aliphatic rings. The fourth-order valence-corrected chi connectivity index (χ4v) is 3.40. The van der Waals surface area contributed by atoms with Crippen molar-refractivity contribution in [2.24, 2.45) is 7.05 Å². The average molecular weight is 385 g/mol. The zero-order chi connectivity index (χ0) is 19.3. The zero-order valence-corrected chi connectivity index (χ0v) is 15.8. The predicted molar refractivity (Wildman–Crippen MR) is 103 cm³/mol. The molecular weight excluding hydrogens is 368 g/mol. The van der Waals surface area contributed by atoms with Crippen LogP contribution in [-0.4, -0.2) is 28.9 Å². The molecule has 9 heteroatoms. The molecule has 0 saturated heterocycles. The maximum atomic E-state index is 12.6. The fraction of sp³-hybridized carbons (Fsp3) is 0.222. The van der Waals surface area contributed by atoms with E-state index in [0.29, 0.717) is 28.7 Å². The molecule has 0 amide bonds. The molecule has 0 atom stereocenters. The van der Waals surface area contributed by atoms with Gasteiger partial charge in [-0.3, -0.25) is 18.9 Å². The van der Waals surface area contributed by atoms with Crippen LogP contribution >= 0.6 is 11.6 Å².